The van der Waals surface area contributed by atoms with Gasteiger partial charge in [-0.05, 0) is 19.3 Å². The van der Waals surface area contributed by atoms with Gasteiger partial charge in [0.25, 0.3) is 0 Å². The summed E-state index contributed by atoms with van der Waals surface area (Å²) in [7, 11) is 0. The highest BCUT2D eigenvalue weighted by Crippen LogP contribution is 2.38. The van der Waals surface area contributed by atoms with Gasteiger partial charge in [-0.3, -0.25) is 4.79 Å². The first kappa shape index (κ1) is 11.5. The third-order valence-electron chi connectivity index (χ3n) is 3.49. The van der Waals surface area contributed by atoms with E-state index in [1.165, 1.54) is 19.3 Å². The van der Waals surface area contributed by atoms with Crippen LogP contribution in [0.2, 0.25) is 0 Å². The Bertz CT molecular complexity index is 179. The van der Waals surface area contributed by atoms with Gasteiger partial charge >= 0.3 is 5.97 Å². The molecule has 82 valence electrons. The van der Waals surface area contributed by atoms with Gasteiger partial charge in [-0.1, -0.05) is 45.4 Å². The van der Waals surface area contributed by atoms with Gasteiger partial charge < -0.3 is 5.11 Å². The van der Waals surface area contributed by atoms with Crippen LogP contribution in [-0.2, 0) is 4.79 Å². The van der Waals surface area contributed by atoms with E-state index in [0.717, 1.165) is 38.5 Å². The molecular formula is C12H22O2. The minimum Gasteiger partial charge on any atom is -0.481 e. The van der Waals surface area contributed by atoms with E-state index in [4.69, 9.17) is 0 Å². The first-order chi connectivity index (χ1) is 6.71. The zero-order chi connectivity index (χ0) is 10.4. The Balaban J connectivity index is 2.65. The molecule has 1 aliphatic carbocycles. The van der Waals surface area contributed by atoms with Crippen molar-refractivity contribution in [2.45, 2.75) is 64.7 Å². The highest BCUT2D eigenvalue weighted by molar-refractivity contribution is 5.74. The van der Waals surface area contributed by atoms with Crippen LogP contribution < -0.4 is 0 Å². The average molecular weight is 198 g/mol. The van der Waals surface area contributed by atoms with Gasteiger partial charge in [-0.25, -0.2) is 0 Å². The Morgan fingerprint density at radius 3 is 2.07 bits per heavy atom. The summed E-state index contributed by atoms with van der Waals surface area (Å²) in [5.74, 6) is -0.554. The van der Waals surface area contributed by atoms with Gasteiger partial charge in [0.05, 0.1) is 5.41 Å². The number of rotatable bonds is 3. The van der Waals surface area contributed by atoms with Crippen LogP contribution in [0.1, 0.15) is 64.7 Å². The van der Waals surface area contributed by atoms with Crippen molar-refractivity contribution >= 4 is 5.97 Å². The number of carboxylic acid groups (broad SMARTS) is 1. The van der Waals surface area contributed by atoms with E-state index in [2.05, 4.69) is 6.92 Å². The topological polar surface area (TPSA) is 37.3 Å². The van der Waals surface area contributed by atoms with Crippen molar-refractivity contribution in [1.82, 2.24) is 0 Å². The van der Waals surface area contributed by atoms with E-state index in [1.807, 2.05) is 0 Å². The summed E-state index contributed by atoms with van der Waals surface area (Å²) in [5, 5.41) is 9.34. The smallest absolute Gasteiger partial charge is 0.309 e. The fourth-order valence-electron chi connectivity index (χ4n) is 2.63. The predicted octanol–water partition coefficient (Wildman–Crippen LogP) is 3.60. The van der Waals surface area contributed by atoms with E-state index >= 15 is 0 Å². The maximum Gasteiger partial charge on any atom is 0.309 e. The molecule has 1 fully saturated rings. The van der Waals surface area contributed by atoms with Gasteiger partial charge in [0, 0.05) is 0 Å². The molecule has 1 N–H and O–H groups in total. The third-order valence-corrected chi connectivity index (χ3v) is 3.49. The molecule has 0 heterocycles. The van der Waals surface area contributed by atoms with Crippen molar-refractivity contribution in [2.75, 3.05) is 0 Å². The maximum atomic E-state index is 11.3. The SMILES string of the molecule is CCCC1(C(=O)O)CCCCCCC1. The molecule has 1 saturated carbocycles. The van der Waals surface area contributed by atoms with Crippen molar-refractivity contribution in [2.24, 2.45) is 5.41 Å². The van der Waals surface area contributed by atoms with Crippen molar-refractivity contribution in [3.63, 3.8) is 0 Å². The van der Waals surface area contributed by atoms with Gasteiger partial charge in [-0.15, -0.1) is 0 Å². The average Bonchev–Trinajstić information content (AvgIpc) is 2.09. The lowest BCUT2D eigenvalue weighted by molar-refractivity contribution is -0.151. The van der Waals surface area contributed by atoms with Gasteiger partial charge in [0.1, 0.15) is 0 Å². The normalized spacial score (nSPS) is 22.4. The molecule has 0 spiro atoms. The number of aliphatic carboxylic acids is 1. The van der Waals surface area contributed by atoms with E-state index in [9.17, 15) is 9.90 Å². The number of carbonyl (C=O) groups is 1. The van der Waals surface area contributed by atoms with Crippen LogP contribution >= 0.6 is 0 Å². The lowest BCUT2D eigenvalue weighted by Gasteiger charge is -2.30. The molecule has 0 saturated heterocycles. The van der Waals surface area contributed by atoms with Crippen LogP contribution in [0, 0.1) is 5.41 Å². The quantitative estimate of drug-likeness (QED) is 0.752. The van der Waals surface area contributed by atoms with E-state index in [1.54, 1.807) is 0 Å². The van der Waals surface area contributed by atoms with Crippen LogP contribution in [-0.4, -0.2) is 11.1 Å². The monoisotopic (exact) mass is 198 g/mol. The minimum absolute atomic E-state index is 0.380. The molecule has 0 aromatic rings. The summed E-state index contributed by atoms with van der Waals surface area (Å²) >= 11 is 0. The highest BCUT2D eigenvalue weighted by Gasteiger charge is 2.36. The molecule has 0 atom stereocenters. The maximum absolute atomic E-state index is 11.3. The first-order valence-electron chi connectivity index (χ1n) is 5.95. The predicted molar refractivity (Wildman–Crippen MR) is 57.3 cm³/mol. The van der Waals surface area contributed by atoms with E-state index < -0.39 is 5.97 Å². The van der Waals surface area contributed by atoms with Crippen molar-refractivity contribution in [3.05, 3.63) is 0 Å². The summed E-state index contributed by atoms with van der Waals surface area (Å²) in [6.07, 6.45) is 9.60. The van der Waals surface area contributed by atoms with Crippen molar-refractivity contribution in [3.8, 4) is 0 Å². The van der Waals surface area contributed by atoms with Crippen LogP contribution in [0.5, 0.6) is 0 Å². The fourth-order valence-corrected chi connectivity index (χ4v) is 2.63. The molecule has 1 rings (SSSR count). The second-order valence-corrected chi connectivity index (χ2v) is 4.60. The Hall–Kier alpha value is -0.530. The fraction of sp³-hybridized carbons (Fsp3) is 0.917. The molecule has 0 aliphatic heterocycles. The number of hydrogen-bond acceptors (Lipinski definition) is 1. The largest absolute Gasteiger partial charge is 0.481 e. The summed E-state index contributed by atoms with van der Waals surface area (Å²) in [6, 6.07) is 0. The first-order valence-corrected chi connectivity index (χ1v) is 5.95. The minimum atomic E-state index is -0.554. The van der Waals surface area contributed by atoms with Crippen molar-refractivity contribution < 1.29 is 9.90 Å². The van der Waals surface area contributed by atoms with Gasteiger partial charge in [-0.2, -0.15) is 0 Å². The Labute approximate surface area is 86.7 Å². The molecule has 1 aliphatic rings. The zero-order valence-corrected chi connectivity index (χ0v) is 9.22. The molecule has 0 bridgehead atoms. The Morgan fingerprint density at radius 1 is 1.14 bits per heavy atom. The van der Waals surface area contributed by atoms with E-state index in [-0.39, 0.29) is 5.41 Å². The number of hydrogen-bond donors (Lipinski definition) is 1. The van der Waals surface area contributed by atoms with Crippen LogP contribution in [0.15, 0.2) is 0 Å². The van der Waals surface area contributed by atoms with Gasteiger partial charge in [0.15, 0.2) is 0 Å². The van der Waals surface area contributed by atoms with Crippen LogP contribution in [0.25, 0.3) is 0 Å². The molecule has 0 radical (unpaired) electrons. The molecule has 2 nitrogen and oxygen atoms in total. The lowest BCUT2D eigenvalue weighted by atomic mass is 9.73. The highest BCUT2D eigenvalue weighted by atomic mass is 16.4. The second-order valence-electron chi connectivity index (χ2n) is 4.60. The molecule has 0 unspecified atom stereocenters. The summed E-state index contributed by atoms with van der Waals surface area (Å²) in [4.78, 5) is 11.3. The second kappa shape index (κ2) is 5.38. The Kier molecular flexibility index (Phi) is 4.43. The third kappa shape index (κ3) is 2.73. The van der Waals surface area contributed by atoms with Crippen LogP contribution in [0.3, 0.4) is 0 Å². The zero-order valence-electron chi connectivity index (χ0n) is 9.22. The summed E-state index contributed by atoms with van der Waals surface area (Å²) in [5.41, 5.74) is -0.380. The van der Waals surface area contributed by atoms with Crippen LogP contribution in [0.4, 0.5) is 0 Å². The standard InChI is InChI=1S/C12H22O2/c1-2-8-12(11(13)14)9-6-4-3-5-7-10-12/h2-10H2,1H3,(H,13,14). The molecule has 2 heteroatoms. The lowest BCUT2D eigenvalue weighted by Crippen LogP contribution is -2.31. The Morgan fingerprint density at radius 2 is 1.64 bits per heavy atom. The van der Waals surface area contributed by atoms with Gasteiger partial charge in [0.2, 0.25) is 0 Å². The molecular weight excluding hydrogens is 176 g/mol. The van der Waals surface area contributed by atoms with E-state index in [0.29, 0.717) is 0 Å². The number of carboxylic acids is 1. The molecule has 0 aromatic heterocycles. The molecule has 0 aromatic carbocycles. The summed E-state index contributed by atoms with van der Waals surface area (Å²) in [6.45, 7) is 2.09. The van der Waals surface area contributed by atoms with Crippen molar-refractivity contribution in [1.29, 1.82) is 0 Å². The molecule has 0 amide bonds. The molecule has 14 heavy (non-hydrogen) atoms. The summed E-state index contributed by atoms with van der Waals surface area (Å²) < 4.78 is 0.